The van der Waals surface area contributed by atoms with Gasteiger partial charge in [-0.25, -0.2) is 4.79 Å². The predicted molar refractivity (Wildman–Crippen MR) is 84.4 cm³/mol. The third-order valence-corrected chi connectivity index (χ3v) is 4.84. The first-order valence-electron chi connectivity index (χ1n) is 8.03. The highest BCUT2D eigenvalue weighted by molar-refractivity contribution is 6.00. The molecule has 0 spiro atoms. The highest BCUT2D eigenvalue weighted by atomic mass is 16.7. The molecule has 0 amide bonds. The van der Waals surface area contributed by atoms with Crippen molar-refractivity contribution < 1.29 is 28.5 Å². The molecular formula is C16H27BO6. The molecule has 1 rings (SSSR count). The zero-order valence-corrected chi connectivity index (χ0v) is 14.8. The Morgan fingerprint density at radius 3 is 2.43 bits per heavy atom. The first-order chi connectivity index (χ1) is 10.7. The molecule has 0 aliphatic carbocycles. The molecule has 1 aliphatic rings. The third-order valence-electron chi connectivity index (χ3n) is 4.84. The van der Waals surface area contributed by atoms with Gasteiger partial charge in [-0.3, -0.25) is 4.79 Å². The van der Waals surface area contributed by atoms with Gasteiger partial charge in [0.25, 0.3) is 13.8 Å². The topological polar surface area (TPSA) is 71.1 Å². The van der Waals surface area contributed by atoms with Crippen LogP contribution in [-0.4, -0.2) is 45.1 Å². The zero-order valence-electron chi connectivity index (χ0n) is 14.8. The Morgan fingerprint density at radius 1 is 1.39 bits per heavy atom. The van der Waals surface area contributed by atoms with E-state index in [2.05, 4.69) is 0 Å². The number of hydrogen-bond donors (Lipinski definition) is 0. The molecular weight excluding hydrogens is 299 g/mol. The van der Waals surface area contributed by atoms with E-state index in [9.17, 15) is 9.59 Å². The number of methoxy groups -OCH3 is 1. The first-order valence-corrected chi connectivity index (χ1v) is 8.03. The molecule has 130 valence electrons. The molecule has 23 heavy (non-hydrogen) atoms. The zero-order chi connectivity index (χ0) is 17.8. The molecule has 0 unspecified atom stereocenters. The van der Waals surface area contributed by atoms with Crippen LogP contribution in [0.25, 0.3) is 0 Å². The van der Waals surface area contributed by atoms with Crippen molar-refractivity contribution in [3.05, 3.63) is 0 Å². The van der Waals surface area contributed by atoms with Gasteiger partial charge in [0.2, 0.25) is 0 Å². The summed E-state index contributed by atoms with van der Waals surface area (Å²) in [6, 6.07) is 0. The van der Waals surface area contributed by atoms with E-state index >= 15 is 0 Å². The minimum absolute atomic E-state index is 0.119. The summed E-state index contributed by atoms with van der Waals surface area (Å²) in [5, 5.41) is 0. The molecule has 7 heteroatoms. The third kappa shape index (κ3) is 4.26. The largest absolute Gasteiger partial charge is 0.465 e. The highest BCUT2D eigenvalue weighted by Gasteiger charge is 2.52. The maximum absolute atomic E-state index is 12.1. The molecule has 6 atom stereocenters. The Hall–Kier alpha value is -1.08. The molecule has 6 nitrogen and oxygen atoms in total. The molecule has 2 radical (unpaired) electrons. The van der Waals surface area contributed by atoms with Crippen LogP contribution in [0, 0.1) is 17.8 Å². The summed E-state index contributed by atoms with van der Waals surface area (Å²) in [6.45, 7) is 9.31. The van der Waals surface area contributed by atoms with E-state index < -0.39 is 11.8 Å². The fourth-order valence-electron chi connectivity index (χ4n) is 3.29. The van der Waals surface area contributed by atoms with E-state index in [0.29, 0.717) is 12.8 Å². The minimum Gasteiger partial charge on any atom is -0.465 e. The maximum Gasteiger partial charge on any atom is 0.365 e. The molecule has 1 saturated heterocycles. The van der Waals surface area contributed by atoms with E-state index in [4.69, 9.17) is 26.9 Å². The molecule has 0 N–H and O–H groups in total. The smallest absolute Gasteiger partial charge is 0.365 e. The van der Waals surface area contributed by atoms with Crippen molar-refractivity contribution in [3.8, 4) is 0 Å². The van der Waals surface area contributed by atoms with Gasteiger partial charge in [0.1, 0.15) is 6.10 Å². The summed E-state index contributed by atoms with van der Waals surface area (Å²) in [5.41, 5.74) is 0. The number of esters is 2. The van der Waals surface area contributed by atoms with Gasteiger partial charge in [-0.2, -0.15) is 0 Å². The van der Waals surface area contributed by atoms with Crippen LogP contribution in [-0.2, 0) is 28.5 Å². The lowest BCUT2D eigenvalue weighted by atomic mass is 9.76. The summed E-state index contributed by atoms with van der Waals surface area (Å²) in [6.07, 6.45) is 0.297. The number of hydrogen-bond acceptors (Lipinski definition) is 6. The number of carbonyl (C=O) groups excluding carboxylic acids is 2. The quantitative estimate of drug-likeness (QED) is 0.549. The fraction of sp³-hybridized carbons (Fsp3) is 0.875. The summed E-state index contributed by atoms with van der Waals surface area (Å²) in [4.78, 5) is 23.4. The fourth-order valence-corrected chi connectivity index (χ4v) is 3.29. The average molecular weight is 326 g/mol. The molecule has 0 saturated carbocycles. The van der Waals surface area contributed by atoms with Gasteiger partial charge in [0, 0.05) is 19.3 Å². The van der Waals surface area contributed by atoms with E-state index in [1.165, 1.54) is 14.0 Å². The van der Waals surface area contributed by atoms with Crippen LogP contribution in [0.1, 0.15) is 47.5 Å². The summed E-state index contributed by atoms with van der Waals surface area (Å²) < 4.78 is 21.1. The van der Waals surface area contributed by atoms with Crippen molar-refractivity contribution in [3.63, 3.8) is 0 Å². The Morgan fingerprint density at radius 2 is 2.00 bits per heavy atom. The second-order valence-electron chi connectivity index (χ2n) is 6.40. The molecule has 0 aromatic rings. The summed E-state index contributed by atoms with van der Waals surface area (Å²) in [7, 11) is 6.63. The number of ether oxygens (including phenoxy) is 3. The average Bonchev–Trinajstić information content (AvgIpc) is 2.53. The Bertz CT molecular complexity index is 429. The van der Waals surface area contributed by atoms with Gasteiger partial charge in [-0.05, 0) is 18.3 Å². The van der Waals surface area contributed by atoms with E-state index in [-0.39, 0.29) is 35.9 Å². The van der Waals surface area contributed by atoms with E-state index in [1.807, 2.05) is 27.7 Å². The second-order valence-corrected chi connectivity index (χ2v) is 6.40. The molecule has 1 fully saturated rings. The molecule has 0 aromatic carbocycles. The lowest BCUT2D eigenvalue weighted by Gasteiger charge is -2.47. The van der Waals surface area contributed by atoms with Crippen LogP contribution in [0.5, 0.6) is 0 Å². The summed E-state index contributed by atoms with van der Waals surface area (Å²) in [5.74, 6) is -2.48. The van der Waals surface area contributed by atoms with Crippen LogP contribution in [0.15, 0.2) is 0 Å². The van der Waals surface area contributed by atoms with Gasteiger partial charge < -0.3 is 18.9 Å². The van der Waals surface area contributed by atoms with Crippen LogP contribution < -0.4 is 0 Å². The predicted octanol–water partition coefficient (Wildman–Crippen LogP) is 1.99. The van der Waals surface area contributed by atoms with Gasteiger partial charge in [0.05, 0.1) is 13.2 Å². The molecule has 1 heterocycles. The highest BCUT2D eigenvalue weighted by Crippen LogP contribution is 2.41. The van der Waals surface area contributed by atoms with Crippen LogP contribution in [0.3, 0.4) is 0 Å². The molecule has 0 bridgehead atoms. The van der Waals surface area contributed by atoms with E-state index in [0.717, 1.165) is 0 Å². The van der Waals surface area contributed by atoms with Gasteiger partial charge in [0.15, 0.2) is 0 Å². The maximum atomic E-state index is 12.1. The Balaban J connectivity index is 3.06. The Kier molecular flexibility index (Phi) is 7.08. The molecule has 1 aliphatic heterocycles. The van der Waals surface area contributed by atoms with Crippen molar-refractivity contribution in [2.45, 2.75) is 65.5 Å². The van der Waals surface area contributed by atoms with Crippen LogP contribution >= 0.6 is 0 Å². The van der Waals surface area contributed by atoms with Crippen LogP contribution in [0.2, 0.25) is 0 Å². The number of rotatable bonds is 6. The van der Waals surface area contributed by atoms with Crippen molar-refractivity contribution in [1.29, 1.82) is 0 Å². The minimum atomic E-state index is -1.62. The van der Waals surface area contributed by atoms with Crippen molar-refractivity contribution in [2.75, 3.05) is 7.11 Å². The summed E-state index contributed by atoms with van der Waals surface area (Å²) >= 11 is 0. The van der Waals surface area contributed by atoms with Crippen LogP contribution in [0.4, 0.5) is 0 Å². The van der Waals surface area contributed by atoms with E-state index in [1.54, 1.807) is 0 Å². The SMILES string of the molecule is [B]O[C@]1(C(=O)OC)C[C@@H](C)[C@@H](C)[C@H]([C@H](C)[C@@H](CC)OC(C)=O)O1. The van der Waals surface area contributed by atoms with Gasteiger partial charge in [-0.1, -0.05) is 27.7 Å². The van der Waals surface area contributed by atoms with Gasteiger partial charge >= 0.3 is 11.9 Å². The number of carbonyl (C=O) groups is 2. The first kappa shape index (κ1) is 20.0. The monoisotopic (exact) mass is 326 g/mol. The second kappa shape index (κ2) is 8.15. The lowest BCUT2D eigenvalue weighted by molar-refractivity contribution is -0.276. The van der Waals surface area contributed by atoms with Crippen molar-refractivity contribution >= 4 is 20.0 Å². The van der Waals surface area contributed by atoms with Crippen molar-refractivity contribution in [1.82, 2.24) is 0 Å². The lowest BCUT2D eigenvalue weighted by Crippen LogP contribution is -2.57. The van der Waals surface area contributed by atoms with Crippen molar-refractivity contribution in [2.24, 2.45) is 17.8 Å². The molecule has 0 aromatic heterocycles. The Labute approximate surface area is 139 Å². The standard InChI is InChI=1S/C16H27BO6/c1-7-13(21-12(5)18)11(4)14-10(3)9(2)8-16(22-14,23-17)15(19)20-6/h9-11,13-14H,7-8H2,1-6H3/t9-,10-,11-,13-,14-,16+/m1/s1. The van der Waals surface area contributed by atoms with Gasteiger partial charge in [-0.15, -0.1) is 0 Å². The normalized spacial score (nSPS) is 33.6.